The van der Waals surface area contributed by atoms with E-state index in [1.165, 1.54) is 12.1 Å². The van der Waals surface area contributed by atoms with Crippen LogP contribution in [0.1, 0.15) is 23.2 Å². The molecule has 1 aromatic carbocycles. The van der Waals surface area contributed by atoms with Gasteiger partial charge in [0, 0.05) is 24.7 Å². The number of alkyl halides is 2. The SMILES string of the molecule is CNCC1CCCN1C(=O)c1ccc(S(=O)(=O)C(F)F)cc1. The molecule has 1 saturated heterocycles. The third-order valence-corrected chi connectivity index (χ3v) is 5.14. The van der Waals surface area contributed by atoms with E-state index in [9.17, 15) is 22.0 Å². The Balaban J connectivity index is 2.18. The minimum absolute atomic E-state index is 0.0990. The molecule has 0 bridgehead atoms. The highest BCUT2D eigenvalue weighted by atomic mass is 32.2. The molecule has 22 heavy (non-hydrogen) atoms. The maximum absolute atomic E-state index is 12.5. The molecule has 5 nitrogen and oxygen atoms in total. The fourth-order valence-corrected chi connectivity index (χ4v) is 3.33. The molecule has 1 amide bonds. The highest BCUT2D eigenvalue weighted by Crippen LogP contribution is 2.22. The number of likely N-dealkylation sites (N-methyl/N-ethyl adjacent to an activating group) is 1. The second-order valence-electron chi connectivity index (χ2n) is 5.18. The Labute approximate surface area is 128 Å². The van der Waals surface area contributed by atoms with Crippen LogP contribution in [0.15, 0.2) is 29.2 Å². The molecule has 0 aromatic heterocycles. The molecule has 0 saturated carbocycles. The molecule has 8 heteroatoms. The maximum atomic E-state index is 12.5. The lowest BCUT2D eigenvalue weighted by molar-refractivity contribution is 0.0737. The molecular formula is C14H18F2N2O3S. The van der Waals surface area contributed by atoms with Crippen LogP contribution in [-0.2, 0) is 9.84 Å². The molecule has 1 N–H and O–H groups in total. The topological polar surface area (TPSA) is 66.5 Å². The van der Waals surface area contributed by atoms with E-state index in [4.69, 9.17) is 0 Å². The molecule has 1 aliphatic rings. The van der Waals surface area contributed by atoms with Gasteiger partial charge in [0.1, 0.15) is 0 Å². The van der Waals surface area contributed by atoms with E-state index in [2.05, 4.69) is 5.32 Å². The number of amides is 1. The number of nitrogens with zero attached hydrogens (tertiary/aromatic N) is 1. The van der Waals surface area contributed by atoms with Gasteiger partial charge in [0.2, 0.25) is 9.84 Å². The van der Waals surface area contributed by atoms with Crippen molar-refractivity contribution in [2.24, 2.45) is 0 Å². The van der Waals surface area contributed by atoms with Gasteiger partial charge in [-0.1, -0.05) is 0 Å². The van der Waals surface area contributed by atoms with E-state index < -0.39 is 20.5 Å². The minimum atomic E-state index is -4.63. The maximum Gasteiger partial charge on any atom is 0.341 e. The lowest BCUT2D eigenvalue weighted by Crippen LogP contribution is -2.40. The number of carbonyl (C=O) groups is 1. The molecule has 1 heterocycles. The van der Waals surface area contributed by atoms with Gasteiger partial charge >= 0.3 is 5.76 Å². The molecule has 122 valence electrons. The molecule has 1 aromatic rings. The normalized spacial score (nSPS) is 18.9. The second kappa shape index (κ2) is 6.70. The largest absolute Gasteiger partial charge is 0.341 e. The van der Waals surface area contributed by atoms with E-state index >= 15 is 0 Å². The van der Waals surface area contributed by atoms with Crippen LogP contribution in [0.25, 0.3) is 0 Å². The Morgan fingerprint density at radius 3 is 2.55 bits per heavy atom. The fourth-order valence-electron chi connectivity index (χ4n) is 2.61. The fraction of sp³-hybridized carbons (Fsp3) is 0.500. The van der Waals surface area contributed by atoms with Gasteiger partial charge in [-0.2, -0.15) is 8.78 Å². The van der Waals surface area contributed by atoms with E-state index in [0.717, 1.165) is 25.0 Å². The molecule has 2 rings (SSSR count). The molecular weight excluding hydrogens is 314 g/mol. The van der Waals surface area contributed by atoms with Gasteiger partial charge in [-0.25, -0.2) is 8.42 Å². The highest BCUT2D eigenvalue weighted by Gasteiger charge is 2.30. The van der Waals surface area contributed by atoms with Gasteiger partial charge in [0.15, 0.2) is 0 Å². The molecule has 0 aliphatic carbocycles. The van der Waals surface area contributed by atoms with Crippen molar-refractivity contribution in [3.05, 3.63) is 29.8 Å². The predicted octanol–water partition coefficient (Wildman–Crippen LogP) is 1.51. The van der Waals surface area contributed by atoms with Crippen molar-refractivity contribution >= 4 is 15.7 Å². The smallest absolute Gasteiger partial charge is 0.334 e. The number of sulfone groups is 1. The Morgan fingerprint density at radius 1 is 1.36 bits per heavy atom. The van der Waals surface area contributed by atoms with Crippen LogP contribution in [0.5, 0.6) is 0 Å². The Morgan fingerprint density at radius 2 is 2.00 bits per heavy atom. The van der Waals surface area contributed by atoms with Crippen molar-refractivity contribution in [2.45, 2.75) is 29.5 Å². The van der Waals surface area contributed by atoms with Crippen LogP contribution in [0.3, 0.4) is 0 Å². The summed E-state index contributed by atoms with van der Waals surface area (Å²) in [6.45, 7) is 1.33. The first kappa shape index (κ1) is 16.8. The van der Waals surface area contributed by atoms with Crippen LogP contribution in [0.4, 0.5) is 8.78 Å². The number of hydrogen-bond donors (Lipinski definition) is 1. The first-order valence-electron chi connectivity index (χ1n) is 6.95. The molecule has 0 spiro atoms. The first-order valence-corrected chi connectivity index (χ1v) is 8.50. The van der Waals surface area contributed by atoms with Gasteiger partial charge in [0.05, 0.1) is 4.90 Å². The summed E-state index contributed by atoms with van der Waals surface area (Å²) in [7, 11) is -2.82. The molecule has 1 fully saturated rings. The number of halogens is 2. The van der Waals surface area contributed by atoms with Crippen LogP contribution in [0.2, 0.25) is 0 Å². The monoisotopic (exact) mass is 332 g/mol. The summed E-state index contributed by atoms with van der Waals surface area (Å²) in [6.07, 6.45) is 1.82. The Hall–Kier alpha value is -1.54. The van der Waals surface area contributed by atoms with E-state index in [-0.39, 0.29) is 11.9 Å². The highest BCUT2D eigenvalue weighted by molar-refractivity contribution is 7.91. The summed E-state index contributed by atoms with van der Waals surface area (Å²) in [5.74, 6) is -3.67. The molecule has 0 radical (unpaired) electrons. The number of likely N-dealkylation sites (tertiary alicyclic amines) is 1. The van der Waals surface area contributed by atoms with Crippen molar-refractivity contribution in [1.82, 2.24) is 10.2 Å². The van der Waals surface area contributed by atoms with Crippen LogP contribution in [-0.4, -0.2) is 51.2 Å². The van der Waals surface area contributed by atoms with E-state index in [1.54, 1.807) is 4.90 Å². The third-order valence-electron chi connectivity index (χ3n) is 3.74. The number of benzene rings is 1. The third kappa shape index (κ3) is 3.27. The lowest BCUT2D eigenvalue weighted by atomic mass is 10.1. The summed E-state index contributed by atoms with van der Waals surface area (Å²) < 4.78 is 47.6. The van der Waals surface area contributed by atoms with Crippen molar-refractivity contribution < 1.29 is 22.0 Å². The quantitative estimate of drug-likeness (QED) is 0.887. The zero-order chi connectivity index (χ0) is 16.3. The molecule has 1 atom stereocenters. The molecule has 1 unspecified atom stereocenters. The van der Waals surface area contributed by atoms with Crippen molar-refractivity contribution in [2.75, 3.05) is 20.1 Å². The second-order valence-corrected chi connectivity index (χ2v) is 7.10. The van der Waals surface area contributed by atoms with Gasteiger partial charge in [-0.3, -0.25) is 4.79 Å². The van der Waals surface area contributed by atoms with Crippen molar-refractivity contribution in [3.63, 3.8) is 0 Å². The standard InChI is InChI=1S/C14H18F2N2O3S/c1-17-9-11-3-2-8-18(11)13(19)10-4-6-12(7-5-10)22(20,21)14(15)16/h4-7,11,14,17H,2-3,8-9H2,1H3. The average molecular weight is 332 g/mol. The zero-order valence-electron chi connectivity index (χ0n) is 12.1. The Kier molecular flexibility index (Phi) is 5.12. The minimum Gasteiger partial charge on any atom is -0.334 e. The summed E-state index contributed by atoms with van der Waals surface area (Å²) >= 11 is 0. The molecule has 1 aliphatic heterocycles. The summed E-state index contributed by atoms with van der Waals surface area (Å²) in [4.78, 5) is 13.7. The Bertz CT molecular complexity index is 632. The van der Waals surface area contributed by atoms with Gasteiger partial charge in [0.25, 0.3) is 5.91 Å². The van der Waals surface area contributed by atoms with Crippen molar-refractivity contribution in [1.29, 1.82) is 0 Å². The first-order chi connectivity index (χ1) is 10.4. The average Bonchev–Trinajstić information content (AvgIpc) is 2.95. The van der Waals surface area contributed by atoms with Crippen LogP contribution in [0, 0.1) is 0 Å². The van der Waals surface area contributed by atoms with Crippen molar-refractivity contribution in [3.8, 4) is 0 Å². The lowest BCUT2D eigenvalue weighted by Gasteiger charge is -2.24. The number of nitrogens with one attached hydrogen (secondary N) is 1. The summed E-state index contributed by atoms with van der Waals surface area (Å²) in [6, 6.07) is 4.77. The number of carbonyl (C=O) groups excluding carboxylic acids is 1. The van der Waals surface area contributed by atoms with Gasteiger partial charge < -0.3 is 10.2 Å². The summed E-state index contributed by atoms with van der Waals surface area (Å²) in [5.41, 5.74) is 0.302. The van der Waals surface area contributed by atoms with Gasteiger partial charge in [-0.15, -0.1) is 0 Å². The summed E-state index contributed by atoms with van der Waals surface area (Å²) in [5, 5.41) is 3.03. The van der Waals surface area contributed by atoms with E-state index in [0.29, 0.717) is 18.7 Å². The number of hydrogen-bond acceptors (Lipinski definition) is 4. The van der Waals surface area contributed by atoms with Crippen LogP contribution < -0.4 is 5.32 Å². The number of rotatable bonds is 5. The van der Waals surface area contributed by atoms with E-state index in [1.807, 2.05) is 7.05 Å². The van der Waals surface area contributed by atoms with Gasteiger partial charge in [-0.05, 0) is 44.2 Å². The zero-order valence-corrected chi connectivity index (χ0v) is 12.9. The predicted molar refractivity (Wildman–Crippen MR) is 77.6 cm³/mol. The van der Waals surface area contributed by atoms with Crippen LogP contribution >= 0.6 is 0 Å².